The summed E-state index contributed by atoms with van der Waals surface area (Å²) in [6, 6.07) is 7.24. The Morgan fingerprint density at radius 2 is 1.86 bits per heavy atom. The van der Waals surface area contributed by atoms with E-state index in [2.05, 4.69) is 0 Å². The van der Waals surface area contributed by atoms with Gasteiger partial charge in [0, 0.05) is 11.1 Å². The Labute approximate surface area is 123 Å². The van der Waals surface area contributed by atoms with Crippen LogP contribution in [0.3, 0.4) is 0 Å². The number of benzene rings is 1. The van der Waals surface area contributed by atoms with E-state index in [1.54, 1.807) is 26.2 Å². The average molecular weight is 290 g/mol. The topological polar surface area (TPSA) is 57.9 Å². The summed E-state index contributed by atoms with van der Waals surface area (Å²) in [5.41, 5.74) is 1.77. The summed E-state index contributed by atoms with van der Waals surface area (Å²) in [4.78, 5) is 12.0. The van der Waals surface area contributed by atoms with Crippen molar-refractivity contribution in [3.8, 4) is 23.0 Å². The molecule has 0 N–H and O–H groups in total. The summed E-state index contributed by atoms with van der Waals surface area (Å²) in [6.45, 7) is 4.08. The zero-order valence-electron chi connectivity index (χ0n) is 12.6. The lowest BCUT2D eigenvalue weighted by atomic mass is 10.1. The molecule has 0 aliphatic heterocycles. The third-order valence-electron chi connectivity index (χ3n) is 3.12. The SMILES string of the molecule is CCOc1oc(-c2ccc(OC)cc2)c(C(=O)OC)c1C. The van der Waals surface area contributed by atoms with Crippen molar-refractivity contribution in [2.75, 3.05) is 20.8 Å². The van der Waals surface area contributed by atoms with Crippen molar-refractivity contribution >= 4 is 5.97 Å². The molecule has 0 bridgehead atoms. The fourth-order valence-corrected chi connectivity index (χ4v) is 2.05. The number of rotatable bonds is 5. The zero-order valence-corrected chi connectivity index (χ0v) is 12.6. The molecule has 5 nitrogen and oxygen atoms in total. The minimum atomic E-state index is -0.451. The van der Waals surface area contributed by atoms with Crippen LogP contribution in [0.2, 0.25) is 0 Å². The highest BCUT2D eigenvalue weighted by Crippen LogP contribution is 2.36. The van der Waals surface area contributed by atoms with Gasteiger partial charge in [-0.15, -0.1) is 0 Å². The molecule has 0 unspecified atom stereocenters. The first-order valence-corrected chi connectivity index (χ1v) is 6.61. The van der Waals surface area contributed by atoms with Crippen LogP contribution in [0.1, 0.15) is 22.8 Å². The van der Waals surface area contributed by atoms with Gasteiger partial charge in [-0.05, 0) is 38.1 Å². The van der Waals surface area contributed by atoms with Crippen molar-refractivity contribution in [2.45, 2.75) is 13.8 Å². The maximum absolute atomic E-state index is 12.0. The van der Waals surface area contributed by atoms with E-state index < -0.39 is 5.97 Å². The highest BCUT2D eigenvalue weighted by atomic mass is 16.6. The molecule has 0 atom stereocenters. The summed E-state index contributed by atoms with van der Waals surface area (Å²) >= 11 is 0. The second kappa shape index (κ2) is 6.35. The molecule has 0 aliphatic rings. The second-order valence-corrected chi connectivity index (χ2v) is 4.37. The molecule has 2 rings (SSSR count). The van der Waals surface area contributed by atoms with Gasteiger partial charge in [0.1, 0.15) is 11.3 Å². The molecule has 0 radical (unpaired) electrons. The Bertz CT molecular complexity index is 625. The summed E-state index contributed by atoms with van der Waals surface area (Å²) in [5, 5.41) is 0. The van der Waals surface area contributed by atoms with Crippen LogP contribution in [0.5, 0.6) is 11.7 Å². The van der Waals surface area contributed by atoms with E-state index in [4.69, 9.17) is 18.6 Å². The summed E-state index contributed by atoms with van der Waals surface area (Å²) < 4.78 is 21.1. The lowest BCUT2D eigenvalue weighted by molar-refractivity contribution is 0.0600. The highest BCUT2D eigenvalue weighted by molar-refractivity contribution is 5.98. The molecule has 0 saturated carbocycles. The third-order valence-corrected chi connectivity index (χ3v) is 3.12. The molecular weight excluding hydrogens is 272 g/mol. The van der Waals surface area contributed by atoms with Gasteiger partial charge in [0.05, 0.1) is 20.8 Å². The number of ether oxygens (including phenoxy) is 3. The summed E-state index contributed by atoms with van der Waals surface area (Å²) in [7, 11) is 2.94. The van der Waals surface area contributed by atoms with E-state index in [1.165, 1.54) is 7.11 Å². The van der Waals surface area contributed by atoms with Gasteiger partial charge in [-0.1, -0.05) is 0 Å². The Kier molecular flexibility index (Phi) is 4.52. The van der Waals surface area contributed by atoms with Crippen LogP contribution in [0.25, 0.3) is 11.3 Å². The summed E-state index contributed by atoms with van der Waals surface area (Å²) in [5.74, 6) is 1.05. The molecule has 5 heteroatoms. The van der Waals surface area contributed by atoms with Crippen molar-refractivity contribution in [1.82, 2.24) is 0 Å². The minimum Gasteiger partial charge on any atom is -0.497 e. The standard InChI is InChI=1S/C16H18O5/c1-5-20-16-10(2)13(15(17)19-4)14(21-16)11-6-8-12(18-3)9-7-11/h6-9H,5H2,1-4H3. The maximum Gasteiger partial charge on any atom is 0.342 e. The highest BCUT2D eigenvalue weighted by Gasteiger charge is 2.25. The number of hydrogen-bond acceptors (Lipinski definition) is 5. The van der Waals surface area contributed by atoms with Crippen molar-refractivity contribution in [1.29, 1.82) is 0 Å². The van der Waals surface area contributed by atoms with Gasteiger partial charge in [-0.2, -0.15) is 0 Å². The smallest absolute Gasteiger partial charge is 0.342 e. The van der Waals surface area contributed by atoms with Crippen molar-refractivity contribution < 1.29 is 23.4 Å². The molecule has 0 saturated heterocycles. The van der Waals surface area contributed by atoms with E-state index in [0.717, 1.165) is 11.3 Å². The fraction of sp³-hybridized carbons (Fsp3) is 0.312. The van der Waals surface area contributed by atoms with Gasteiger partial charge in [-0.25, -0.2) is 4.79 Å². The predicted octanol–water partition coefficient (Wildman–Crippen LogP) is 3.45. The van der Waals surface area contributed by atoms with Crippen LogP contribution < -0.4 is 9.47 Å². The Morgan fingerprint density at radius 1 is 1.19 bits per heavy atom. The molecule has 1 aromatic heterocycles. The third kappa shape index (κ3) is 2.86. The molecule has 0 fully saturated rings. The number of methoxy groups -OCH3 is 2. The maximum atomic E-state index is 12.0. The van der Waals surface area contributed by atoms with E-state index in [1.807, 2.05) is 19.1 Å². The largest absolute Gasteiger partial charge is 0.497 e. The first kappa shape index (κ1) is 15.0. The monoisotopic (exact) mass is 290 g/mol. The zero-order chi connectivity index (χ0) is 15.4. The van der Waals surface area contributed by atoms with Gasteiger partial charge in [0.2, 0.25) is 0 Å². The van der Waals surface area contributed by atoms with Gasteiger partial charge < -0.3 is 18.6 Å². The van der Waals surface area contributed by atoms with Crippen LogP contribution in [0.4, 0.5) is 0 Å². The lowest BCUT2D eigenvalue weighted by Gasteiger charge is -2.03. The first-order valence-electron chi connectivity index (χ1n) is 6.61. The molecule has 21 heavy (non-hydrogen) atoms. The first-order chi connectivity index (χ1) is 10.1. The van der Waals surface area contributed by atoms with Crippen LogP contribution in [0, 0.1) is 6.92 Å². The molecule has 112 valence electrons. The normalized spacial score (nSPS) is 10.3. The van der Waals surface area contributed by atoms with Gasteiger partial charge >= 0.3 is 5.97 Å². The molecule has 2 aromatic rings. The Balaban J connectivity index is 2.54. The van der Waals surface area contributed by atoms with Gasteiger partial charge in [-0.3, -0.25) is 0 Å². The van der Waals surface area contributed by atoms with Crippen molar-refractivity contribution in [2.24, 2.45) is 0 Å². The molecule has 0 amide bonds. The fourth-order valence-electron chi connectivity index (χ4n) is 2.05. The van der Waals surface area contributed by atoms with Crippen LogP contribution in [-0.4, -0.2) is 26.8 Å². The van der Waals surface area contributed by atoms with E-state index in [0.29, 0.717) is 29.4 Å². The lowest BCUT2D eigenvalue weighted by Crippen LogP contribution is -2.03. The van der Waals surface area contributed by atoms with Crippen LogP contribution >= 0.6 is 0 Å². The van der Waals surface area contributed by atoms with Gasteiger partial charge in [0.25, 0.3) is 5.95 Å². The number of carbonyl (C=O) groups excluding carboxylic acids is 1. The van der Waals surface area contributed by atoms with E-state index in [9.17, 15) is 4.79 Å². The number of esters is 1. The van der Waals surface area contributed by atoms with E-state index in [-0.39, 0.29) is 0 Å². The van der Waals surface area contributed by atoms with Crippen LogP contribution in [0.15, 0.2) is 28.7 Å². The summed E-state index contributed by atoms with van der Waals surface area (Å²) in [6.07, 6.45) is 0. The molecule has 0 spiro atoms. The Morgan fingerprint density at radius 3 is 2.38 bits per heavy atom. The quantitative estimate of drug-likeness (QED) is 0.789. The minimum absolute atomic E-state index is 0.337. The van der Waals surface area contributed by atoms with Crippen molar-refractivity contribution in [3.63, 3.8) is 0 Å². The van der Waals surface area contributed by atoms with Crippen LogP contribution in [-0.2, 0) is 4.74 Å². The second-order valence-electron chi connectivity index (χ2n) is 4.37. The number of hydrogen-bond donors (Lipinski definition) is 0. The molecule has 1 aromatic carbocycles. The Hall–Kier alpha value is -2.43. The molecule has 1 heterocycles. The average Bonchev–Trinajstić information content (AvgIpc) is 2.84. The predicted molar refractivity (Wildman–Crippen MR) is 77.9 cm³/mol. The van der Waals surface area contributed by atoms with Gasteiger partial charge in [0.15, 0.2) is 5.76 Å². The van der Waals surface area contributed by atoms with E-state index >= 15 is 0 Å². The number of furan rings is 1. The molecule has 0 aliphatic carbocycles. The number of carbonyl (C=O) groups is 1. The van der Waals surface area contributed by atoms with Crippen molar-refractivity contribution in [3.05, 3.63) is 35.4 Å². The molecular formula is C16H18O5.